The number of fused-ring (bicyclic) bond motifs is 2. The Morgan fingerprint density at radius 2 is 2.00 bits per heavy atom. The molecule has 0 aliphatic carbocycles. The second-order valence-electron chi connectivity index (χ2n) is 12.7. The Morgan fingerprint density at radius 1 is 1.18 bits per heavy atom. The summed E-state index contributed by atoms with van der Waals surface area (Å²) < 4.78 is 12.1. The van der Waals surface area contributed by atoms with Crippen LogP contribution in [0.5, 0.6) is 5.88 Å². The fourth-order valence-electron chi connectivity index (χ4n) is 7.64. The average Bonchev–Trinajstić information content (AvgIpc) is 3.45. The number of carbonyl (C=O) groups is 1. The number of amides is 1. The predicted octanol–water partition coefficient (Wildman–Crippen LogP) is 4.05. The monoisotopic (exact) mass is 592 g/mol. The van der Waals surface area contributed by atoms with Crippen molar-refractivity contribution in [1.29, 1.82) is 5.26 Å². The molecule has 1 spiro atoms. The Kier molecular flexibility index (Phi) is 7.43. The van der Waals surface area contributed by atoms with Crippen LogP contribution in [-0.4, -0.2) is 91.9 Å². The van der Waals surface area contributed by atoms with Crippen molar-refractivity contribution in [2.24, 2.45) is 0 Å². The Bertz CT molecular complexity index is 1660. The topological polar surface area (TPSA) is 85.2 Å². The van der Waals surface area contributed by atoms with Crippen LogP contribution in [0.25, 0.3) is 10.8 Å². The van der Waals surface area contributed by atoms with Gasteiger partial charge >= 0.3 is 0 Å². The quantitative estimate of drug-likeness (QED) is 0.397. The minimum atomic E-state index is -0.429. The highest BCUT2D eigenvalue weighted by Gasteiger charge is 2.50. The zero-order chi connectivity index (χ0) is 30.4. The van der Waals surface area contributed by atoms with Crippen LogP contribution in [0.2, 0.25) is 0 Å². The molecule has 0 radical (unpaired) electrons. The van der Waals surface area contributed by atoms with E-state index in [1.54, 1.807) is 0 Å². The maximum Gasteiger partial charge on any atom is 0.246 e. The lowest BCUT2D eigenvalue weighted by Crippen LogP contribution is -2.72. The summed E-state index contributed by atoms with van der Waals surface area (Å²) in [6, 6.07) is 15.7. The number of likely N-dealkylation sites (tertiary alicyclic amines) is 1. The minimum Gasteiger partial charge on any atom is -0.475 e. The van der Waals surface area contributed by atoms with Gasteiger partial charge in [0.15, 0.2) is 0 Å². The van der Waals surface area contributed by atoms with Gasteiger partial charge in [-0.1, -0.05) is 36.9 Å². The third kappa shape index (κ3) is 4.77. The summed E-state index contributed by atoms with van der Waals surface area (Å²) in [6.45, 7) is 11.6. The van der Waals surface area contributed by atoms with Gasteiger partial charge in [-0.3, -0.25) is 4.79 Å². The summed E-state index contributed by atoms with van der Waals surface area (Å²) >= 11 is 0. The summed E-state index contributed by atoms with van der Waals surface area (Å²) in [5.74, 6) is 0.344. The maximum atomic E-state index is 12.8. The van der Waals surface area contributed by atoms with Gasteiger partial charge < -0.3 is 29.1 Å². The van der Waals surface area contributed by atoms with Crippen molar-refractivity contribution in [3.05, 3.63) is 71.4 Å². The molecule has 3 fully saturated rings. The van der Waals surface area contributed by atoms with Gasteiger partial charge in [0, 0.05) is 48.9 Å². The van der Waals surface area contributed by atoms with Crippen molar-refractivity contribution >= 4 is 28.1 Å². The van der Waals surface area contributed by atoms with E-state index in [-0.39, 0.29) is 5.91 Å². The van der Waals surface area contributed by atoms with E-state index >= 15 is 0 Å². The van der Waals surface area contributed by atoms with Crippen molar-refractivity contribution in [2.45, 2.75) is 44.3 Å². The van der Waals surface area contributed by atoms with Crippen molar-refractivity contribution in [3.63, 3.8) is 0 Å². The van der Waals surface area contributed by atoms with E-state index in [4.69, 9.17) is 14.5 Å². The zero-order valence-electron chi connectivity index (χ0n) is 25.7. The van der Waals surface area contributed by atoms with Gasteiger partial charge in [-0.25, -0.2) is 4.98 Å². The molecule has 7 rings (SSSR count). The summed E-state index contributed by atoms with van der Waals surface area (Å²) in [5, 5.41) is 13.1. The molecular weight excluding hydrogens is 552 g/mol. The molecule has 228 valence electrons. The van der Waals surface area contributed by atoms with E-state index in [0.717, 1.165) is 49.3 Å². The van der Waals surface area contributed by atoms with Crippen molar-refractivity contribution in [1.82, 2.24) is 14.8 Å². The van der Waals surface area contributed by atoms with Crippen LogP contribution < -0.4 is 14.5 Å². The molecule has 1 atom stereocenters. The molecule has 4 aliphatic rings. The van der Waals surface area contributed by atoms with Crippen molar-refractivity contribution < 1.29 is 14.3 Å². The van der Waals surface area contributed by atoms with Gasteiger partial charge in [-0.05, 0) is 62.9 Å². The number of ether oxygens (including phenoxy) is 2. The van der Waals surface area contributed by atoms with E-state index in [9.17, 15) is 10.1 Å². The molecular formula is C35H40N6O3. The molecule has 1 amide bonds. The van der Waals surface area contributed by atoms with Crippen LogP contribution >= 0.6 is 0 Å². The number of piperazine rings is 1. The van der Waals surface area contributed by atoms with Crippen LogP contribution in [-0.2, 0) is 22.5 Å². The highest BCUT2D eigenvalue weighted by molar-refractivity contribution is 5.97. The molecule has 0 bridgehead atoms. The van der Waals surface area contributed by atoms with Gasteiger partial charge in [-0.15, -0.1) is 0 Å². The summed E-state index contributed by atoms with van der Waals surface area (Å²) in [4.78, 5) is 26.8. The van der Waals surface area contributed by atoms with Gasteiger partial charge in [0.25, 0.3) is 0 Å². The Balaban J connectivity index is 1.29. The lowest BCUT2D eigenvalue weighted by atomic mass is 9.89. The van der Waals surface area contributed by atoms with Crippen LogP contribution in [0.1, 0.15) is 35.2 Å². The lowest BCUT2D eigenvalue weighted by molar-refractivity contribution is -0.164. The second-order valence-corrected chi connectivity index (χ2v) is 12.7. The maximum absolute atomic E-state index is 12.8. The smallest absolute Gasteiger partial charge is 0.246 e. The van der Waals surface area contributed by atoms with Gasteiger partial charge in [0.2, 0.25) is 11.8 Å². The number of pyridine rings is 1. The molecule has 4 aliphatic heterocycles. The lowest BCUT2D eigenvalue weighted by Gasteiger charge is -2.55. The number of benzene rings is 2. The zero-order valence-corrected chi connectivity index (χ0v) is 25.7. The number of nitriles is 1. The van der Waals surface area contributed by atoms with Crippen LogP contribution in [0.3, 0.4) is 0 Å². The highest BCUT2D eigenvalue weighted by atomic mass is 16.5. The first-order valence-corrected chi connectivity index (χ1v) is 15.7. The molecule has 9 nitrogen and oxygen atoms in total. The van der Waals surface area contributed by atoms with Crippen molar-refractivity contribution in [2.75, 3.05) is 69.4 Å². The largest absolute Gasteiger partial charge is 0.475 e. The fourth-order valence-corrected chi connectivity index (χ4v) is 7.64. The average molecular weight is 593 g/mol. The van der Waals surface area contributed by atoms with Crippen LogP contribution in [0, 0.1) is 18.3 Å². The summed E-state index contributed by atoms with van der Waals surface area (Å²) in [7, 11) is 2.13. The number of likely N-dealkylation sites (N-methyl/N-ethyl adjacent to an activating group) is 1. The number of hydrogen-bond acceptors (Lipinski definition) is 8. The fraction of sp³-hybridized carbons (Fsp3) is 0.457. The van der Waals surface area contributed by atoms with E-state index < -0.39 is 5.54 Å². The van der Waals surface area contributed by atoms with E-state index in [2.05, 4.69) is 77.7 Å². The summed E-state index contributed by atoms with van der Waals surface area (Å²) in [6.07, 6.45) is 4.37. The Labute approximate surface area is 259 Å². The first-order valence-electron chi connectivity index (χ1n) is 15.7. The molecule has 9 heteroatoms. The predicted molar refractivity (Wildman–Crippen MR) is 171 cm³/mol. The van der Waals surface area contributed by atoms with E-state index in [0.29, 0.717) is 63.5 Å². The molecule has 5 heterocycles. The molecule has 1 aromatic heterocycles. The number of nitrogens with zero attached hydrogens (tertiary/aromatic N) is 6. The number of aromatic nitrogens is 1. The molecule has 44 heavy (non-hydrogen) atoms. The Morgan fingerprint density at radius 3 is 2.70 bits per heavy atom. The third-order valence-electron chi connectivity index (χ3n) is 10.1. The number of rotatable bonds is 6. The van der Waals surface area contributed by atoms with Gasteiger partial charge in [0.1, 0.15) is 23.8 Å². The second kappa shape index (κ2) is 11.4. The van der Waals surface area contributed by atoms with Crippen LogP contribution in [0.4, 0.5) is 11.4 Å². The van der Waals surface area contributed by atoms with E-state index in [1.807, 2.05) is 4.90 Å². The normalized spacial score (nSPS) is 21.2. The molecule has 1 unspecified atom stereocenters. The molecule has 3 aromatic rings. The molecule has 3 saturated heterocycles. The van der Waals surface area contributed by atoms with Gasteiger partial charge in [-0.2, -0.15) is 5.26 Å². The van der Waals surface area contributed by atoms with E-state index in [1.165, 1.54) is 28.1 Å². The highest BCUT2D eigenvalue weighted by Crippen LogP contribution is 2.42. The number of anilines is 2. The van der Waals surface area contributed by atoms with Crippen molar-refractivity contribution in [3.8, 4) is 11.9 Å². The number of hydrogen-bond donors (Lipinski definition) is 0. The Hall–Kier alpha value is -4.13. The first kappa shape index (κ1) is 28.6. The standard InChI is InChI=1S/C35H40N6O3/c1-4-31(42)41-17-16-40(21-35(41)22-43-23-35)33-27-13-15-39(30-12-6-10-25-9-5-8-24(2)32(25)30)19-29(27)37-34(28(33)18-36)44-20-26-11-7-14-38(26)3/h4-6,8-10,12,26H,1,7,11,13-17,19-23H2,2-3H3. The minimum absolute atomic E-state index is 0.0732. The molecule has 0 saturated carbocycles. The van der Waals surface area contributed by atoms with Crippen LogP contribution in [0.15, 0.2) is 49.1 Å². The molecule has 0 N–H and O–H groups in total. The third-order valence-corrected chi connectivity index (χ3v) is 10.1. The number of aryl methyl sites for hydroxylation is 1. The molecule has 2 aromatic carbocycles. The first-order chi connectivity index (χ1) is 21.4. The van der Waals surface area contributed by atoms with Gasteiger partial charge in [0.05, 0.1) is 31.1 Å². The number of carbonyl (C=O) groups excluding carboxylic acids is 1. The SMILES string of the molecule is C=CC(=O)N1CCN(c2c(C#N)c(OCC3CCCN3C)nc3c2CCN(c2cccc4cccc(C)c24)C3)CC12COC2. The summed E-state index contributed by atoms with van der Waals surface area (Å²) in [5.41, 5.74) is 5.50.